The summed E-state index contributed by atoms with van der Waals surface area (Å²) < 4.78 is 7.62. The summed E-state index contributed by atoms with van der Waals surface area (Å²) in [5, 5.41) is 2.91. The van der Waals surface area contributed by atoms with Gasteiger partial charge in [-0.2, -0.15) is 0 Å². The van der Waals surface area contributed by atoms with Crippen LogP contribution in [0.25, 0.3) is 5.65 Å². The highest BCUT2D eigenvalue weighted by Gasteiger charge is 2.09. The number of nitrogens with one attached hydrogen (secondary N) is 1. The smallest absolute Gasteiger partial charge is 0.230 e. The number of amides is 1. The Labute approximate surface area is 147 Å². The number of pyridine rings is 1. The Morgan fingerprint density at radius 2 is 2.16 bits per heavy atom. The number of hydrogen-bond acceptors (Lipinski definition) is 3. The second-order valence-electron chi connectivity index (χ2n) is 6.11. The lowest BCUT2D eigenvalue weighted by Crippen LogP contribution is -2.14. The van der Waals surface area contributed by atoms with Crippen LogP contribution in [0.4, 0.5) is 5.69 Å². The van der Waals surface area contributed by atoms with Crippen molar-refractivity contribution < 1.29 is 9.53 Å². The molecule has 3 aromatic rings. The van der Waals surface area contributed by atoms with E-state index in [1.807, 2.05) is 60.1 Å². The van der Waals surface area contributed by atoms with Gasteiger partial charge >= 0.3 is 0 Å². The van der Waals surface area contributed by atoms with Gasteiger partial charge < -0.3 is 14.5 Å². The van der Waals surface area contributed by atoms with Gasteiger partial charge in [0.25, 0.3) is 0 Å². The molecule has 1 aromatic carbocycles. The second-order valence-corrected chi connectivity index (χ2v) is 6.11. The molecule has 0 aliphatic carbocycles. The zero-order chi connectivity index (χ0) is 17.6. The molecule has 0 saturated carbocycles. The van der Waals surface area contributed by atoms with E-state index in [1.165, 1.54) is 0 Å². The van der Waals surface area contributed by atoms with Gasteiger partial charge in [-0.1, -0.05) is 25.5 Å². The molecular weight excluding hydrogens is 314 g/mol. The van der Waals surface area contributed by atoms with Crippen LogP contribution in [-0.2, 0) is 11.2 Å². The first-order chi connectivity index (χ1) is 12.2. The van der Waals surface area contributed by atoms with Crippen LogP contribution in [-0.4, -0.2) is 21.9 Å². The monoisotopic (exact) mass is 337 g/mol. The topological polar surface area (TPSA) is 55.6 Å². The van der Waals surface area contributed by atoms with Gasteiger partial charge in [-0.15, -0.1) is 0 Å². The maximum atomic E-state index is 12.3. The van der Waals surface area contributed by atoms with Crippen molar-refractivity contribution in [2.45, 2.75) is 33.1 Å². The molecule has 0 bridgehead atoms. The molecule has 0 radical (unpaired) electrons. The molecule has 0 spiro atoms. The van der Waals surface area contributed by atoms with E-state index in [4.69, 9.17) is 4.74 Å². The van der Waals surface area contributed by atoms with E-state index in [0.717, 1.165) is 41.2 Å². The number of carbonyl (C=O) groups excluding carboxylic acids is 1. The predicted octanol–water partition coefficient (Wildman–Crippen LogP) is 4.00. The summed E-state index contributed by atoms with van der Waals surface area (Å²) in [6, 6.07) is 11.5. The maximum Gasteiger partial charge on any atom is 0.230 e. The molecule has 0 fully saturated rings. The highest BCUT2D eigenvalue weighted by atomic mass is 16.5. The maximum absolute atomic E-state index is 12.3. The van der Waals surface area contributed by atoms with Crippen LogP contribution >= 0.6 is 0 Å². The standard InChI is InChI=1S/C20H23N3O2/c1-3-4-11-25-18-9-5-8-16(12-18)21-19(24)13-17-14-23-10-6-7-15(2)20(23)22-17/h5-10,12,14H,3-4,11,13H2,1-2H3,(H,21,24). The number of aromatic nitrogens is 2. The predicted molar refractivity (Wildman–Crippen MR) is 99.1 cm³/mol. The summed E-state index contributed by atoms with van der Waals surface area (Å²) in [6.45, 7) is 4.82. The van der Waals surface area contributed by atoms with Crippen LogP contribution < -0.4 is 10.1 Å². The van der Waals surface area contributed by atoms with Crippen molar-refractivity contribution in [3.05, 3.63) is 60.0 Å². The number of imidazole rings is 1. The molecular formula is C20H23N3O2. The van der Waals surface area contributed by atoms with Crippen molar-refractivity contribution in [3.63, 3.8) is 0 Å². The molecule has 25 heavy (non-hydrogen) atoms. The van der Waals surface area contributed by atoms with Crippen LogP contribution in [0.1, 0.15) is 31.0 Å². The number of fused-ring (bicyclic) bond motifs is 1. The number of anilines is 1. The van der Waals surface area contributed by atoms with Gasteiger partial charge in [0.15, 0.2) is 0 Å². The Bertz CT molecular complexity index is 870. The van der Waals surface area contributed by atoms with Gasteiger partial charge in [-0.3, -0.25) is 4.79 Å². The van der Waals surface area contributed by atoms with Crippen LogP contribution in [0.2, 0.25) is 0 Å². The Kier molecular flexibility index (Phi) is 5.33. The number of ether oxygens (including phenoxy) is 1. The summed E-state index contributed by atoms with van der Waals surface area (Å²) in [5.74, 6) is 0.682. The van der Waals surface area contributed by atoms with Crippen LogP contribution in [0.3, 0.4) is 0 Å². The molecule has 3 rings (SSSR count). The third-order valence-corrected chi connectivity index (χ3v) is 3.95. The number of carbonyl (C=O) groups is 1. The molecule has 0 aliphatic heterocycles. The van der Waals surface area contributed by atoms with Crippen molar-refractivity contribution in [3.8, 4) is 5.75 Å². The van der Waals surface area contributed by atoms with E-state index in [1.54, 1.807) is 0 Å². The molecule has 2 heterocycles. The van der Waals surface area contributed by atoms with Crippen molar-refractivity contribution in [1.82, 2.24) is 9.38 Å². The van der Waals surface area contributed by atoms with E-state index in [-0.39, 0.29) is 12.3 Å². The quantitative estimate of drug-likeness (QED) is 0.663. The zero-order valence-electron chi connectivity index (χ0n) is 14.7. The van der Waals surface area contributed by atoms with Gasteiger partial charge in [0.2, 0.25) is 5.91 Å². The summed E-state index contributed by atoms with van der Waals surface area (Å²) in [6.07, 6.45) is 6.18. The van der Waals surface area contributed by atoms with Crippen LogP contribution in [0.5, 0.6) is 5.75 Å². The molecule has 2 aromatic heterocycles. The van der Waals surface area contributed by atoms with Gasteiger partial charge in [0, 0.05) is 24.1 Å². The Morgan fingerprint density at radius 1 is 1.28 bits per heavy atom. The molecule has 0 saturated heterocycles. The fourth-order valence-corrected chi connectivity index (χ4v) is 2.66. The summed E-state index contributed by atoms with van der Waals surface area (Å²) in [5.41, 5.74) is 3.46. The molecule has 5 heteroatoms. The average Bonchev–Trinajstić information content (AvgIpc) is 2.99. The Hall–Kier alpha value is -2.82. The van der Waals surface area contributed by atoms with E-state index in [0.29, 0.717) is 6.61 Å². The fraction of sp³-hybridized carbons (Fsp3) is 0.300. The summed E-state index contributed by atoms with van der Waals surface area (Å²) in [7, 11) is 0. The fourth-order valence-electron chi connectivity index (χ4n) is 2.66. The molecule has 1 N–H and O–H groups in total. The van der Waals surface area contributed by atoms with Gasteiger partial charge in [-0.05, 0) is 37.1 Å². The first-order valence-corrected chi connectivity index (χ1v) is 8.61. The van der Waals surface area contributed by atoms with Crippen molar-refractivity contribution in [1.29, 1.82) is 0 Å². The Balaban J connectivity index is 1.63. The summed E-state index contributed by atoms with van der Waals surface area (Å²) in [4.78, 5) is 16.9. The lowest BCUT2D eigenvalue weighted by molar-refractivity contribution is -0.115. The highest BCUT2D eigenvalue weighted by molar-refractivity contribution is 5.92. The van der Waals surface area contributed by atoms with Gasteiger partial charge in [0.05, 0.1) is 18.7 Å². The number of unbranched alkanes of at least 4 members (excludes halogenated alkanes) is 1. The third-order valence-electron chi connectivity index (χ3n) is 3.95. The largest absolute Gasteiger partial charge is 0.494 e. The minimum atomic E-state index is -0.0910. The molecule has 5 nitrogen and oxygen atoms in total. The van der Waals surface area contributed by atoms with Gasteiger partial charge in [-0.25, -0.2) is 4.98 Å². The molecule has 1 amide bonds. The first-order valence-electron chi connectivity index (χ1n) is 8.61. The number of rotatable bonds is 7. The molecule has 0 atom stereocenters. The van der Waals surface area contributed by atoms with Crippen molar-refractivity contribution in [2.24, 2.45) is 0 Å². The minimum absolute atomic E-state index is 0.0910. The van der Waals surface area contributed by atoms with Crippen LogP contribution in [0.15, 0.2) is 48.8 Å². The number of aryl methyl sites for hydroxylation is 1. The SMILES string of the molecule is CCCCOc1cccc(NC(=O)Cc2cn3cccc(C)c3n2)c1. The zero-order valence-corrected chi connectivity index (χ0v) is 14.7. The number of benzene rings is 1. The number of nitrogens with zero attached hydrogens (tertiary/aromatic N) is 2. The van der Waals surface area contributed by atoms with Gasteiger partial charge in [0.1, 0.15) is 11.4 Å². The van der Waals surface area contributed by atoms with Crippen LogP contribution in [0, 0.1) is 6.92 Å². The lowest BCUT2D eigenvalue weighted by Gasteiger charge is -2.08. The van der Waals surface area contributed by atoms with E-state index < -0.39 is 0 Å². The summed E-state index contributed by atoms with van der Waals surface area (Å²) >= 11 is 0. The van der Waals surface area contributed by atoms with Crippen molar-refractivity contribution in [2.75, 3.05) is 11.9 Å². The van der Waals surface area contributed by atoms with E-state index in [2.05, 4.69) is 17.2 Å². The second kappa shape index (κ2) is 7.83. The third kappa shape index (κ3) is 4.38. The van der Waals surface area contributed by atoms with E-state index >= 15 is 0 Å². The number of hydrogen-bond donors (Lipinski definition) is 1. The molecule has 0 aliphatic rings. The average molecular weight is 337 g/mol. The Morgan fingerprint density at radius 3 is 2.96 bits per heavy atom. The first kappa shape index (κ1) is 17.0. The molecule has 0 unspecified atom stereocenters. The van der Waals surface area contributed by atoms with E-state index in [9.17, 15) is 4.79 Å². The lowest BCUT2D eigenvalue weighted by atomic mass is 10.2. The molecule has 130 valence electrons. The normalized spacial score (nSPS) is 10.8. The van der Waals surface area contributed by atoms with Crippen molar-refractivity contribution >= 4 is 17.2 Å². The highest BCUT2D eigenvalue weighted by Crippen LogP contribution is 2.18. The minimum Gasteiger partial charge on any atom is -0.494 e.